The van der Waals surface area contributed by atoms with E-state index in [0.29, 0.717) is 35.8 Å². The lowest BCUT2D eigenvalue weighted by Crippen LogP contribution is -2.39. The number of fused-ring (bicyclic) bond motifs is 2. The second-order valence-corrected chi connectivity index (χ2v) is 19.3. The molecule has 1 atom stereocenters. The normalized spacial score (nSPS) is 13.6. The van der Waals surface area contributed by atoms with Gasteiger partial charge in [0.05, 0.1) is 57.5 Å². The Bertz CT molecular complexity index is 3150. The molecule has 12 nitrogen and oxygen atoms in total. The minimum atomic E-state index is -4.20. The molecule has 1 aliphatic carbocycles. The van der Waals surface area contributed by atoms with E-state index in [1.165, 1.54) is 55.6 Å². The lowest BCUT2D eigenvalue weighted by atomic mass is 10.0. The third-order valence-corrected chi connectivity index (χ3v) is 13.3. The highest BCUT2D eigenvalue weighted by molar-refractivity contribution is 7.93. The maximum absolute atomic E-state index is 15.3. The smallest absolute Gasteiger partial charge is 0.408 e. The summed E-state index contributed by atoms with van der Waals surface area (Å²) < 4.78 is 117. The number of carbonyl (C=O) groups is 1. The average Bonchev–Trinajstić information content (AvgIpc) is 4.05. The van der Waals surface area contributed by atoms with Crippen LogP contribution in [0.25, 0.3) is 38.6 Å². The summed E-state index contributed by atoms with van der Waals surface area (Å²) in [4.78, 5) is 33.8. The first-order chi connectivity index (χ1) is 31.3. The van der Waals surface area contributed by atoms with Gasteiger partial charge in [0.15, 0.2) is 5.82 Å². The number of amides is 1. The molecule has 0 saturated heterocycles. The number of ether oxygens (including phenoxy) is 2. The maximum atomic E-state index is 15.3. The number of methoxy groups -OCH3 is 1. The van der Waals surface area contributed by atoms with Gasteiger partial charge < -0.3 is 14.8 Å². The third-order valence-electron chi connectivity index (χ3n) is 10.8. The van der Waals surface area contributed by atoms with Gasteiger partial charge >= 0.3 is 6.09 Å². The fraction of sp³-hybridized carbons (Fsp3) is 0.277. The number of anilines is 1. The molecule has 8 rings (SSSR count). The van der Waals surface area contributed by atoms with Crippen molar-refractivity contribution in [1.82, 2.24) is 24.6 Å². The van der Waals surface area contributed by atoms with E-state index in [-0.39, 0.29) is 61.8 Å². The zero-order chi connectivity index (χ0) is 47.2. The molecule has 0 spiro atoms. The Labute approximate surface area is 380 Å². The molecule has 2 aromatic heterocycles. The van der Waals surface area contributed by atoms with Crippen molar-refractivity contribution < 1.29 is 44.6 Å². The van der Waals surface area contributed by atoms with Gasteiger partial charge in [0.25, 0.3) is 12.0 Å². The standard InChI is InChI=1S/C47H42ClF5N6O6S/c1-47(2,3)65-46(61)55-38(21-27-19-29(49)23-30(50)20-27)43-54-37-22-28(33-7-5-6-8-36(33)51)11-16-34(37)45(60)59(43)39-18-17-35(48)41-42(39)57(25-40(52)53)56-44(41)58(66(62,63)32-14-15-32)24-26-9-12-31(64-4)13-10-26/h5-13,16-20,22-23,32,38,40H,14-15,21,24-25H2,1-4H3,(H,55,61)/t38-/m0/s1. The maximum Gasteiger partial charge on any atom is 0.408 e. The molecule has 0 aliphatic heterocycles. The highest BCUT2D eigenvalue weighted by atomic mass is 35.5. The van der Waals surface area contributed by atoms with Crippen LogP contribution in [0.4, 0.5) is 32.6 Å². The number of nitrogens with one attached hydrogen (secondary N) is 1. The molecule has 2 heterocycles. The molecule has 0 radical (unpaired) electrons. The van der Waals surface area contributed by atoms with Crippen LogP contribution in [0.3, 0.4) is 0 Å². The zero-order valence-corrected chi connectivity index (χ0v) is 37.4. The average molecular weight is 949 g/mol. The molecule has 344 valence electrons. The van der Waals surface area contributed by atoms with Crippen molar-refractivity contribution in [2.45, 2.75) is 76.4 Å². The van der Waals surface area contributed by atoms with Gasteiger partial charge in [0.2, 0.25) is 10.0 Å². The lowest BCUT2D eigenvalue weighted by Gasteiger charge is -2.26. The summed E-state index contributed by atoms with van der Waals surface area (Å²) in [6.07, 6.45) is -3.80. The molecule has 5 aromatic carbocycles. The number of hydrogen-bond donors (Lipinski definition) is 1. The van der Waals surface area contributed by atoms with Crippen LogP contribution < -0.4 is 19.9 Å². The summed E-state index contributed by atoms with van der Waals surface area (Å²) in [5.41, 5.74) is -1.24. The molecule has 1 aliphatic rings. The Morgan fingerprint density at radius 1 is 0.939 bits per heavy atom. The summed E-state index contributed by atoms with van der Waals surface area (Å²) in [5, 5.41) is 6.14. The van der Waals surface area contributed by atoms with E-state index < -0.39 is 75.4 Å². The fourth-order valence-electron chi connectivity index (χ4n) is 7.74. The first kappa shape index (κ1) is 46.0. The minimum absolute atomic E-state index is 0.00147. The molecule has 19 heteroatoms. The van der Waals surface area contributed by atoms with Crippen molar-refractivity contribution in [3.63, 3.8) is 0 Å². The number of hydrogen-bond acceptors (Lipinski definition) is 8. The molecule has 66 heavy (non-hydrogen) atoms. The number of halogens is 6. The molecule has 0 bridgehead atoms. The predicted octanol–water partition coefficient (Wildman–Crippen LogP) is 10.1. The van der Waals surface area contributed by atoms with Gasteiger partial charge in [-0.1, -0.05) is 48.0 Å². The highest BCUT2D eigenvalue weighted by Gasteiger charge is 2.42. The fourth-order valence-corrected chi connectivity index (χ4v) is 9.77. The molecular weight excluding hydrogens is 907 g/mol. The van der Waals surface area contributed by atoms with Crippen molar-refractivity contribution in [3.8, 4) is 22.6 Å². The van der Waals surface area contributed by atoms with Crippen LogP contribution in [0, 0.1) is 17.5 Å². The first-order valence-electron chi connectivity index (χ1n) is 20.7. The van der Waals surface area contributed by atoms with Gasteiger partial charge in [-0.25, -0.2) is 44.5 Å². The summed E-state index contributed by atoms with van der Waals surface area (Å²) in [6.45, 7) is 3.43. The summed E-state index contributed by atoms with van der Waals surface area (Å²) >= 11 is 6.94. The van der Waals surface area contributed by atoms with Crippen LogP contribution in [-0.2, 0) is 34.3 Å². The topological polar surface area (TPSA) is 138 Å². The third kappa shape index (κ3) is 9.56. The van der Waals surface area contributed by atoms with Gasteiger partial charge in [0.1, 0.15) is 41.2 Å². The predicted molar refractivity (Wildman–Crippen MR) is 240 cm³/mol. The van der Waals surface area contributed by atoms with E-state index in [2.05, 4.69) is 10.4 Å². The van der Waals surface area contributed by atoms with E-state index in [1.807, 2.05) is 0 Å². The molecule has 1 amide bonds. The summed E-state index contributed by atoms with van der Waals surface area (Å²) in [6, 6.07) is 20.7. The van der Waals surface area contributed by atoms with Crippen molar-refractivity contribution >= 4 is 55.3 Å². The molecule has 1 fully saturated rings. The molecule has 1 N–H and O–H groups in total. The number of carbonyl (C=O) groups excluding carboxylic acids is 1. The second kappa shape index (κ2) is 18.0. The number of rotatable bonds is 14. The van der Waals surface area contributed by atoms with Gasteiger partial charge in [-0.05, 0) is 105 Å². The largest absolute Gasteiger partial charge is 0.497 e. The van der Waals surface area contributed by atoms with Gasteiger partial charge in [-0.3, -0.25) is 14.0 Å². The number of alkyl carbamates (subject to hydrolysis) is 1. The van der Waals surface area contributed by atoms with Gasteiger partial charge in [-0.15, -0.1) is 0 Å². The van der Waals surface area contributed by atoms with E-state index in [9.17, 15) is 30.8 Å². The van der Waals surface area contributed by atoms with E-state index in [4.69, 9.17) is 26.1 Å². The van der Waals surface area contributed by atoms with Crippen LogP contribution in [0.15, 0.2) is 102 Å². The first-order valence-corrected chi connectivity index (χ1v) is 22.6. The molecule has 0 unspecified atom stereocenters. The van der Waals surface area contributed by atoms with E-state index in [0.717, 1.165) is 25.7 Å². The van der Waals surface area contributed by atoms with E-state index in [1.54, 1.807) is 51.1 Å². The molecule has 7 aromatic rings. The Kier molecular flexibility index (Phi) is 12.6. The Balaban J connectivity index is 1.43. The number of aromatic nitrogens is 4. The van der Waals surface area contributed by atoms with Crippen LogP contribution in [0.1, 0.15) is 56.6 Å². The molecule has 1 saturated carbocycles. The monoisotopic (exact) mass is 948 g/mol. The number of sulfonamides is 1. The summed E-state index contributed by atoms with van der Waals surface area (Å²) in [5.74, 6) is -2.53. The quantitative estimate of drug-likeness (QED) is 0.106. The number of nitrogens with zero attached hydrogens (tertiary/aromatic N) is 5. The van der Waals surface area contributed by atoms with Crippen molar-refractivity contribution in [1.29, 1.82) is 0 Å². The Hall–Kier alpha value is -6.53. The van der Waals surface area contributed by atoms with Crippen LogP contribution in [0.5, 0.6) is 5.75 Å². The van der Waals surface area contributed by atoms with Crippen molar-refractivity contribution in [2.75, 3.05) is 11.4 Å². The SMILES string of the molecule is COc1ccc(CN(c2nn(CC(F)F)c3c(-n4c([C@H](Cc5cc(F)cc(F)c5)NC(=O)OC(C)(C)C)nc5cc(-c6ccccc6F)ccc5c4=O)ccc(Cl)c23)S(=O)(=O)C2CC2)cc1. The van der Waals surface area contributed by atoms with Crippen molar-refractivity contribution in [2.24, 2.45) is 0 Å². The van der Waals surface area contributed by atoms with Crippen LogP contribution in [-0.4, -0.2) is 58.2 Å². The Morgan fingerprint density at radius 2 is 1.64 bits per heavy atom. The summed E-state index contributed by atoms with van der Waals surface area (Å²) in [7, 11) is -2.73. The van der Waals surface area contributed by atoms with Crippen molar-refractivity contribution in [3.05, 3.63) is 147 Å². The second-order valence-electron chi connectivity index (χ2n) is 16.8. The Morgan fingerprint density at radius 3 is 2.27 bits per heavy atom. The minimum Gasteiger partial charge on any atom is -0.497 e. The number of alkyl halides is 2. The van der Waals surface area contributed by atoms with Crippen LogP contribution >= 0.6 is 11.6 Å². The van der Waals surface area contributed by atoms with Gasteiger partial charge in [-0.2, -0.15) is 5.10 Å². The van der Waals surface area contributed by atoms with Gasteiger partial charge in [0, 0.05) is 18.1 Å². The van der Waals surface area contributed by atoms with E-state index >= 15 is 9.18 Å². The number of benzene rings is 5. The zero-order valence-electron chi connectivity index (χ0n) is 35.9. The highest BCUT2D eigenvalue weighted by Crippen LogP contribution is 2.42. The molecular formula is C47H42ClF5N6O6S. The van der Waals surface area contributed by atoms with Crippen LogP contribution in [0.2, 0.25) is 5.02 Å². The lowest BCUT2D eigenvalue weighted by molar-refractivity contribution is 0.0500.